The van der Waals surface area contributed by atoms with Crippen molar-refractivity contribution in [1.29, 1.82) is 0 Å². The van der Waals surface area contributed by atoms with Gasteiger partial charge in [-0.05, 0) is 73.9 Å². The number of halogens is 1. The zero-order valence-corrected chi connectivity index (χ0v) is 18.1. The Balaban J connectivity index is 1.57. The van der Waals surface area contributed by atoms with Gasteiger partial charge in [0.25, 0.3) is 0 Å². The van der Waals surface area contributed by atoms with Gasteiger partial charge in [-0.2, -0.15) is 4.39 Å². The summed E-state index contributed by atoms with van der Waals surface area (Å²) in [5, 5.41) is 3.29. The Hall–Kier alpha value is -3.12. The number of carbonyl (C=O) groups excluding carboxylic acids is 1. The Morgan fingerprint density at radius 2 is 1.78 bits per heavy atom. The molecule has 3 aromatic rings. The van der Waals surface area contributed by atoms with Gasteiger partial charge in [-0.3, -0.25) is 9.78 Å². The fourth-order valence-electron chi connectivity index (χ4n) is 4.44. The predicted octanol–water partition coefficient (Wildman–Crippen LogP) is 4.45. The van der Waals surface area contributed by atoms with Gasteiger partial charge in [0, 0.05) is 29.9 Å². The third-order valence-electron chi connectivity index (χ3n) is 6.36. The average Bonchev–Trinajstić information content (AvgIpc) is 2.84. The van der Waals surface area contributed by atoms with Gasteiger partial charge in [-0.15, -0.1) is 0 Å². The van der Waals surface area contributed by atoms with Crippen molar-refractivity contribution in [2.75, 3.05) is 6.54 Å². The molecular weight excluding hydrogens is 403 g/mol. The molecule has 1 aromatic carbocycles. The standard InChI is InChI=1S/C26H29FN4O/c27-25-16-22(11-13-30-25)23-15-21(10-12-29-23)24(14-18-4-2-1-3-5-18)31-26(32)20-8-6-19(17-28)7-9-20/h1-5,10-13,15-16,19-20,24H,6-9,14,17,28H2,(H,31,32)/t19-,20-,24?. The molecule has 0 bridgehead atoms. The molecule has 6 heteroatoms. The molecule has 1 fully saturated rings. The van der Waals surface area contributed by atoms with Crippen LogP contribution in [0.5, 0.6) is 0 Å². The van der Waals surface area contributed by atoms with Crippen LogP contribution in [0.15, 0.2) is 67.0 Å². The lowest BCUT2D eigenvalue weighted by atomic mass is 9.81. The lowest BCUT2D eigenvalue weighted by Gasteiger charge is -2.29. The highest BCUT2D eigenvalue weighted by Gasteiger charge is 2.27. The number of benzene rings is 1. The van der Waals surface area contributed by atoms with Crippen LogP contribution in [0.25, 0.3) is 11.3 Å². The molecule has 1 aliphatic carbocycles. The van der Waals surface area contributed by atoms with Crippen LogP contribution >= 0.6 is 0 Å². The number of amides is 1. The Morgan fingerprint density at radius 3 is 2.50 bits per heavy atom. The maximum Gasteiger partial charge on any atom is 0.223 e. The van der Waals surface area contributed by atoms with Crippen molar-refractivity contribution < 1.29 is 9.18 Å². The second-order valence-electron chi connectivity index (χ2n) is 8.55. The molecule has 1 saturated carbocycles. The van der Waals surface area contributed by atoms with E-state index in [4.69, 9.17) is 5.73 Å². The summed E-state index contributed by atoms with van der Waals surface area (Å²) in [5.41, 5.74) is 9.20. The quantitative estimate of drug-likeness (QED) is 0.541. The summed E-state index contributed by atoms with van der Waals surface area (Å²) < 4.78 is 13.6. The van der Waals surface area contributed by atoms with Gasteiger partial charge in [0.2, 0.25) is 11.9 Å². The third kappa shape index (κ3) is 5.56. The van der Waals surface area contributed by atoms with Gasteiger partial charge in [0.05, 0.1) is 11.7 Å². The van der Waals surface area contributed by atoms with Crippen molar-refractivity contribution in [3.05, 3.63) is 84.1 Å². The molecule has 4 rings (SSSR count). The van der Waals surface area contributed by atoms with E-state index in [1.165, 1.54) is 12.3 Å². The molecule has 0 saturated heterocycles. The number of pyridine rings is 2. The number of carbonyl (C=O) groups is 1. The molecule has 2 heterocycles. The number of aromatic nitrogens is 2. The zero-order chi connectivity index (χ0) is 22.3. The topological polar surface area (TPSA) is 80.9 Å². The molecule has 32 heavy (non-hydrogen) atoms. The summed E-state index contributed by atoms with van der Waals surface area (Å²) in [6, 6.07) is 16.8. The van der Waals surface area contributed by atoms with Crippen molar-refractivity contribution in [3.63, 3.8) is 0 Å². The number of rotatable bonds is 7. The number of nitrogens with two attached hydrogens (primary N) is 1. The number of nitrogens with zero attached hydrogens (tertiary/aromatic N) is 2. The monoisotopic (exact) mass is 432 g/mol. The normalized spacial score (nSPS) is 19.3. The van der Waals surface area contributed by atoms with Crippen molar-refractivity contribution in [2.45, 2.75) is 38.1 Å². The van der Waals surface area contributed by atoms with Gasteiger partial charge in [-0.1, -0.05) is 30.3 Å². The largest absolute Gasteiger partial charge is 0.349 e. The summed E-state index contributed by atoms with van der Waals surface area (Å²) in [5.74, 6) is 0.0981. The minimum absolute atomic E-state index is 0.0201. The lowest BCUT2D eigenvalue weighted by molar-refractivity contribution is -0.127. The number of nitrogens with one attached hydrogen (secondary N) is 1. The average molecular weight is 433 g/mol. The van der Waals surface area contributed by atoms with E-state index in [1.807, 2.05) is 30.3 Å². The van der Waals surface area contributed by atoms with E-state index in [2.05, 4.69) is 27.4 Å². The van der Waals surface area contributed by atoms with E-state index in [-0.39, 0.29) is 17.9 Å². The van der Waals surface area contributed by atoms with Crippen molar-refractivity contribution in [2.24, 2.45) is 17.6 Å². The molecule has 0 spiro atoms. The zero-order valence-electron chi connectivity index (χ0n) is 18.1. The van der Waals surface area contributed by atoms with E-state index in [0.29, 0.717) is 30.1 Å². The van der Waals surface area contributed by atoms with E-state index < -0.39 is 5.95 Å². The Labute approximate surface area is 188 Å². The molecule has 0 radical (unpaired) electrons. The Bertz CT molecular complexity index is 1030. The summed E-state index contributed by atoms with van der Waals surface area (Å²) in [6.07, 6.45) is 7.57. The van der Waals surface area contributed by atoms with Crippen LogP contribution in [0.3, 0.4) is 0 Å². The number of hydrogen-bond acceptors (Lipinski definition) is 4. The van der Waals surface area contributed by atoms with Gasteiger partial charge < -0.3 is 11.1 Å². The molecular formula is C26H29FN4O. The molecule has 1 amide bonds. The minimum Gasteiger partial charge on any atom is -0.349 e. The Kier molecular flexibility index (Phi) is 7.22. The molecule has 166 valence electrons. The fraction of sp³-hybridized carbons (Fsp3) is 0.346. The van der Waals surface area contributed by atoms with Crippen LogP contribution in [0.4, 0.5) is 4.39 Å². The van der Waals surface area contributed by atoms with Crippen molar-refractivity contribution in [1.82, 2.24) is 15.3 Å². The van der Waals surface area contributed by atoms with Gasteiger partial charge in [0.15, 0.2) is 0 Å². The maximum atomic E-state index is 13.6. The smallest absolute Gasteiger partial charge is 0.223 e. The first-order valence-electron chi connectivity index (χ1n) is 11.2. The summed E-state index contributed by atoms with van der Waals surface area (Å²) in [7, 11) is 0. The van der Waals surface area contributed by atoms with Crippen molar-refractivity contribution in [3.8, 4) is 11.3 Å². The van der Waals surface area contributed by atoms with Crippen LogP contribution in [-0.2, 0) is 11.2 Å². The van der Waals surface area contributed by atoms with Crippen molar-refractivity contribution >= 4 is 5.91 Å². The molecule has 0 aliphatic heterocycles. The second kappa shape index (κ2) is 10.5. The van der Waals surface area contributed by atoms with Crippen LogP contribution < -0.4 is 11.1 Å². The molecule has 1 aliphatic rings. The van der Waals surface area contributed by atoms with E-state index in [1.54, 1.807) is 12.3 Å². The predicted molar refractivity (Wildman–Crippen MR) is 123 cm³/mol. The highest BCUT2D eigenvalue weighted by atomic mass is 19.1. The first-order chi connectivity index (χ1) is 15.6. The third-order valence-corrected chi connectivity index (χ3v) is 6.36. The fourth-order valence-corrected chi connectivity index (χ4v) is 4.44. The van der Waals surface area contributed by atoms with Gasteiger partial charge in [-0.25, -0.2) is 4.98 Å². The summed E-state index contributed by atoms with van der Waals surface area (Å²) >= 11 is 0. The number of hydrogen-bond donors (Lipinski definition) is 2. The highest BCUT2D eigenvalue weighted by molar-refractivity contribution is 5.79. The van der Waals surface area contributed by atoms with Crippen LogP contribution in [0.1, 0.15) is 42.9 Å². The molecule has 2 aromatic heterocycles. The lowest BCUT2D eigenvalue weighted by Crippen LogP contribution is -2.37. The molecule has 1 unspecified atom stereocenters. The van der Waals surface area contributed by atoms with Crippen LogP contribution in [0, 0.1) is 17.8 Å². The highest BCUT2D eigenvalue weighted by Crippen LogP contribution is 2.30. The SMILES string of the molecule is NC[C@H]1CC[C@H](C(=O)NC(Cc2ccccc2)c2ccnc(-c3ccnc(F)c3)c2)CC1. The summed E-state index contributed by atoms with van der Waals surface area (Å²) in [6.45, 7) is 0.695. The summed E-state index contributed by atoms with van der Waals surface area (Å²) in [4.78, 5) is 21.2. The maximum absolute atomic E-state index is 13.6. The van der Waals surface area contributed by atoms with Crippen LogP contribution in [-0.4, -0.2) is 22.4 Å². The first-order valence-corrected chi connectivity index (χ1v) is 11.2. The Morgan fingerprint density at radius 1 is 1.03 bits per heavy atom. The van der Waals surface area contributed by atoms with Gasteiger partial charge in [0.1, 0.15) is 0 Å². The molecule has 3 N–H and O–H groups in total. The van der Waals surface area contributed by atoms with E-state index >= 15 is 0 Å². The second-order valence-corrected chi connectivity index (χ2v) is 8.55. The van der Waals surface area contributed by atoms with Gasteiger partial charge >= 0.3 is 0 Å². The first kappa shape index (κ1) is 22.1. The minimum atomic E-state index is -0.545. The molecule has 5 nitrogen and oxygen atoms in total. The van der Waals surface area contributed by atoms with E-state index in [9.17, 15) is 9.18 Å². The van der Waals surface area contributed by atoms with E-state index in [0.717, 1.165) is 36.8 Å². The van der Waals surface area contributed by atoms with Crippen LogP contribution in [0.2, 0.25) is 0 Å². The molecule has 1 atom stereocenters.